The molecule has 0 saturated heterocycles. The van der Waals surface area contributed by atoms with Crippen molar-refractivity contribution in [1.29, 1.82) is 0 Å². The van der Waals surface area contributed by atoms with Crippen LogP contribution in [0.4, 0.5) is 10.1 Å². The summed E-state index contributed by atoms with van der Waals surface area (Å²) in [6, 6.07) is 4.89. The van der Waals surface area contributed by atoms with Gasteiger partial charge >= 0.3 is 0 Å². The zero-order valence-corrected chi connectivity index (χ0v) is 11.9. The van der Waals surface area contributed by atoms with Crippen molar-refractivity contribution in [3.05, 3.63) is 29.6 Å². The van der Waals surface area contributed by atoms with E-state index in [9.17, 15) is 4.39 Å². The molecule has 19 heavy (non-hydrogen) atoms. The van der Waals surface area contributed by atoms with Crippen molar-refractivity contribution in [3.63, 3.8) is 0 Å². The third-order valence-corrected chi connectivity index (χ3v) is 4.04. The van der Waals surface area contributed by atoms with Gasteiger partial charge < -0.3 is 11.1 Å². The lowest BCUT2D eigenvalue weighted by Crippen LogP contribution is -2.16. The lowest BCUT2D eigenvalue weighted by atomic mass is 10.0. The number of hydrogen-bond acceptors (Lipinski definition) is 2. The van der Waals surface area contributed by atoms with Crippen molar-refractivity contribution in [1.82, 2.24) is 0 Å². The summed E-state index contributed by atoms with van der Waals surface area (Å²) in [5.74, 6) is 0.539. The minimum atomic E-state index is -0.353. The Labute approximate surface area is 119 Å². The Morgan fingerprint density at radius 1 is 1.37 bits per heavy atom. The molecule has 0 bridgehead atoms. The van der Waals surface area contributed by atoms with Crippen LogP contribution < -0.4 is 11.1 Å². The zero-order chi connectivity index (χ0) is 13.7. The summed E-state index contributed by atoms with van der Waals surface area (Å²) in [6.45, 7) is 0.843. The first-order chi connectivity index (χ1) is 9.18. The summed E-state index contributed by atoms with van der Waals surface area (Å²) < 4.78 is 13.6. The molecule has 0 aromatic heterocycles. The third-order valence-electron chi connectivity index (χ3n) is 3.84. The van der Waals surface area contributed by atoms with Crippen LogP contribution in [0.5, 0.6) is 0 Å². The Kier molecular flexibility index (Phi) is 5.14. The largest absolute Gasteiger partial charge is 0.389 e. The van der Waals surface area contributed by atoms with E-state index in [1.807, 2.05) is 6.07 Å². The lowest BCUT2D eigenvalue weighted by Gasteiger charge is -2.13. The molecule has 0 heterocycles. The number of hydrogen-bond donors (Lipinski definition) is 2. The van der Waals surface area contributed by atoms with Gasteiger partial charge in [0.05, 0.1) is 5.56 Å². The van der Waals surface area contributed by atoms with E-state index >= 15 is 0 Å². The van der Waals surface area contributed by atoms with Crippen LogP contribution in [0.2, 0.25) is 0 Å². The Bertz CT molecular complexity index is 442. The van der Waals surface area contributed by atoms with Gasteiger partial charge in [0, 0.05) is 12.2 Å². The van der Waals surface area contributed by atoms with E-state index in [0.717, 1.165) is 18.9 Å². The fourth-order valence-corrected chi connectivity index (χ4v) is 3.04. The summed E-state index contributed by atoms with van der Waals surface area (Å²) in [4.78, 5) is 0.108. The molecule has 1 aliphatic rings. The predicted molar refractivity (Wildman–Crippen MR) is 82.0 cm³/mol. The van der Waals surface area contributed by atoms with Crippen LogP contribution in [-0.2, 0) is 0 Å². The molecule has 1 aliphatic carbocycles. The molecule has 0 amide bonds. The highest BCUT2D eigenvalue weighted by Crippen LogP contribution is 2.28. The summed E-state index contributed by atoms with van der Waals surface area (Å²) in [7, 11) is 0. The number of rotatable bonds is 6. The molecule has 1 aromatic rings. The van der Waals surface area contributed by atoms with Gasteiger partial charge in [-0.1, -0.05) is 44.0 Å². The van der Waals surface area contributed by atoms with Crippen molar-refractivity contribution >= 4 is 22.9 Å². The van der Waals surface area contributed by atoms with Crippen molar-refractivity contribution in [2.45, 2.75) is 38.5 Å². The maximum Gasteiger partial charge on any atom is 0.135 e. The van der Waals surface area contributed by atoms with Gasteiger partial charge in [-0.3, -0.25) is 0 Å². The Morgan fingerprint density at radius 2 is 2.11 bits per heavy atom. The van der Waals surface area contributed by atoms with E-state index in [2.05, 4.69) is 5.32 Å². The Balaban J connectivity index is 1.85. The van der Waals surface area contributed by atoms with Crippen LogP contribution in [0.15, 0.2) is 18.2 Å². The molecule has 104 valence electrons. The van der Waals surface area contributed by atoms with E-state index in [1.165, 1.54) is 38.2 Å². The smallest absolute Gasteiger partial charge is 0.135 e. The number of halogens is 1. The monoisotopic (exact) mass is 280 g/mol. The van der Waals surface area contributed by atoms with Gasteiger partial charge in [-0.15, -0.1) is 0 Å². The Morgan fingerprint density at radius 3 is 2.79 bits per heavy atom. The highest BCUT2D eigenvalue weighted by atomic mass is 32.1. The average Bonchev–Trinajstić information content (AvgIpc) is 2.87. The first-order valence-corrected chi connectivity index (χ1v) is 7.41. The van der Waals surface area contributed by atoms with Crippen molar-refractivity contribution in [2.24, 2.45) is 11.7 Å². The van der Waals surface area contributed by atoms with E-state index in [-0.39, 0.29) is 10.8 Å². The lowest BCUT2D eigenvalue weighted by molar-refractivity contribution is 0.491. The first kappa shape index (κ1) is 14.3. The predicted octanol–water partition coefficient (Wildman–Crippen LogP) is 3.84. The van der Waals surface area contributed by atoms with Crippen LogP contribution in [-0.4, -0.2) is 11.5 Å². The highest BCUT2D eigenvalue weighted by Gasteiger charge is 2.14. The topological polar surface area (TPSA) is 38.0 Å². The van der Waals surface area contributed by atoms with Gasteiger partial charge in [0.2, 0.25) is 0 Å². The standard InChI is InChI=1S/C15H21FN2S/c16-12-8-3-9-13(14(12)15(17)19)18-10-4-7-11-5-1-2-6-11/h3,8-9,11,18H,1-2,4-7,10H2,(H2,17,19). The SMILES string of the molecule is NC(=S)c1c(F)cccc1NCCCC1CCCC1. The molecule has 0 unspecified atom stereocenters. The quantitative estimate of drug-likeness (QED) is 0.614. The van der Waals surface area contributed by atoms with Gasteiger partial charge in [-0.2, -0.15) is 0 Å². The number of thiocarbonyl (C=S) groups is 1. The fraction of sp³-hybridized carbons (Fsp3) is 0.533. The van der Waals surface area contributed by atoms with E-state index in [4.69, 9.17) is 18.0 Å². The fourth-order valence-electron chi connectivity index (χ4n) is 2.83. The van der Waals surface area contributed by atoms with Crippen LogP contribution >= 0.6 is 12.2 Å². The summed E-state index contributed by atoms with van der Waals surface area (Å²) in [5.41, 5.74) is 6.61. The van der Waals surface area contributed by atoms with Crippen molar-refractivity contribution in [3.8, 4) is 0 Å². The second-order valence-electron chi connectivity index (χ2n) is 5.25. The van der Waals surface area contributed by atoms with Gasteiger partial charge in [0.25, 0.3) is 0 Å². The van der Waals surface area contributed by atoms with E-state index in [1.54, 1.807) is 6.07 Å². The number of benzene rings is 1. The van der Waals surface area contributed by atoms with Crippen LogP contribution in [0.25, 0.3) is 0 Å². The number of nitrogens with two attached hydrogens (primary N) is 1. The van der Waals surface area contributed by atoms with Crippen molar-refractivity contribution in [2.75, 3.05) is 11.9 Å². The molecule has 1 aromatic carbocycles. The second-order valence-corrected chi connectivity index (χ2v) is 5.69. The summed E-state index contributed by atoms with van der Waals surface area (Å²) in [5, 5.41) is 3.25. The van der Waals surface area contributed by atoms with Crippen LogP contribution in [0, 0.1) is 11.7 Å². The number of anilines is 1. The minimum Gasteiger partial charge on any atom is -0.389 e. The van der Waals surface area contributed by atoms with Crippen LogP contribution in [0.1, 0.15) is 44.1 Å². The Hall–Kier alpha value is -1.16. The minimum absolute atomic E-state index is 0.108. The molecular formula is C15H21FN2S. The molecule has 2 nitrogen and oxygen atoms in total. The van der Waals surface area contributed by atoms with Gasteiger partial charge in [0.15, 0.2) is 0 Å². The molecule has 2 rings (SSSR count). The summed E-state index contributed by atoms with van der Waals surface area (Å²) in [6.07, 6.45) is 7.88. The molecular weight excluding hydrogens is 259 g/mol. The van der Waals surface area contributed by atoms with E-state index < -0.39 is 0 Å². The molecule has 1 fully saturated rings. The highest BCUT2D eigenvalue weighted by molar-refractivity contribution is 7.80. The maximum atomic E-state index is 13.6. The molecule has 3 N–H and O–H groups in total. The normalized spacial score (nSPS) is 15.6. The average molecular weight is 280 g/mol. The van der Waals surface area contributed by atoms with Gasteiger partial charge in [-0.05, 0) is 30.9 Å². The van der Waals surface area contributed by atoms with Gasteiger partial charge in [-0.25, -0.2) is 4.39 Å². The number of nitrogens with one attached hydrogen (secondary N) is 1. The molecule has 4 heteroatoms. The van der Waals surface area contributed by atoms with E-state index in [0.29, 0.717) is 11.3 Å². The zero-order valence-electron chi connectivity index (χ0n) is 11.1. The molecule has 1 saturated carbocycles. The maximum absolute atomic E-state index is 13.6. The molecule has 0 radical (unpaired) electrons. The molecule has 0 atom stereocenters. The molecule has 0 aliphatic heterocycles. The summed E-state index contributed by atoms with van der Waals surface area (Å²) >= 11 is 4.90. The molecule has 0 spiro atoms. The van der Waals surface area contributed by atoms with Crippen LogP contribution in [0.3, 0.4) is 0 Å². The second kappa shape index (κ2) is 6.85. The van der Waals surface area contributed by atoms with Crippen molar-refractivity contribution < 1.29 is 4.39 Å². The van der Waals surface area contributed by atoms with Gasteiger partial charge in [0.1, 0.15) is 10.8 Å². The first-order valence-electron chi connectivity index (χ1n) is 7.00. The third kappa shape index (κ3) is 3.90.